The third-order valence-electron chi connectivity index (χ3n) is 3.86. The summed E-state index contributed by atoms with van der Waals surface area (Å²) in [7, 11) is 1.55. The Hall–Kier alpha value is -2.13. The second-order valence-electron chi connectivity index (χ2n) is 6.69. The summed E-state index contributed by atoms with van der Waals surface area (Å²) in [6.07, 6.45) is -0.579. The van der Waals surface area contributed by atoms with Crippen molar-refractivity contribution in [1.82, 2.24) is 5.32 Å². The van der Waals surface area contributed by atoms with Crippen molar-refractivity contribution in [3.8, 4) is 0 Å². The number of nitrogens with one attached hydrogen (secondary N) is 1. The van der Waals surface area contributed by atoms with E-state index in [2.05, 4.69) is 50.4 Å². The number of benzene rings is 2. The molecule has 0 radical (unpaired) electrons. The summed E-state index contributed by atoms with van der Waals surface area (Å²) < 4.78 is 5.34. The molecule has 2 rings (SSSR count). The molecule has 3 heteroatoms. The fraction of sp³-hybridized carbons (Fsp3) is 0.350. The van der Waals surface area contributed by atoms with Crippen molar-refractivity contribution in [2.45, 2.75) is 38.8 Å². The van der Waals surface area contributed by atoms with Crippen LogP contribution in [0.1, 0.15) is 43.6 Å². The molecule has 0 aliphatic carbocycles. The van der Waals surface area contributed by atoms with E-state index >= 15 is 0 Å². The van der Waals surface area contributed by atoms with E-state index in [0.717, 1.165) is 11.1 Å². The Morgan fingerprint density at radius 2 is 1.65 bits per heavy atom. The first-order chi connectivity index (χ1) is 10.9. The van der Waals surface area contributed by atoms with Gasteiger partial charge in [0.15, 0.2) is 6.10 Å². The number of rotatable bonds is 5. The number of hydrogen-bond acceptors (Lipinski definition) is 2. The van der Waals surface area contributed by atoms with Crippen LogP contribution in [0.15, 0.2) is 54.6 Å². The van der Waals surface area contributed by atoms with Gasteiger partial charge in [-0.3, -0.25) is 4.79 Å². The van der Waals surface area contributed by atoms with Crippen LogP contribution in [0.5, 0.6) is 0 Å². The van der Waals surface area contributed by atoms with Crippen molar-refractivity contribution in [1.29, 1.82) is 0 Å². The molecule has 1 atom stereocenters. The van der Waals surface area contributed by atoms with Crippen LogP contribution in [0.2, 0.25) is 0 Å². The molecule has 2 aromatic rings. The molecule has 1 N–H and O–H groups in total. The summed E-state index contributed by atoms with van der Waals surface area (Å²) in [5, 5.41) is 2.94. The molecule has 0 aromatic heterocycles. The highest BCUT2D eigenvalue weighted by Crippen LogP contribution is 2.22. The molecule has 23 heavy (non-hydrogen) atoms. The fourth-order valence-corrected chi connectivity index (χ4v) is 2.43. The van der Waals surface area contributed by atoms with Crippen molar-refractivity contribution < 1.29 is 9.53 Å². The summed E-state index contributed by atoms with van der Waals surface area (Å²) in [4.78, 5) is 12.3. The molecular formula is C20H25NO2. The first kappa shape index (κ1) is 17.2. The second kappa shape index (κ2) is 7.42. The number of amides is 1. The summed E-state index contributed by atoms with van der Waals surface area (Å²) in [6.45, 7) is 7.06. The van der Waals surface area contributed by atoms with Crippen LogP contribution in [0.3, 0.4) is 0 Å². The van der Waals surface area contributed by atoms with E-state index in [9.17, 15) is 4.79 Å². The van der Waals surface area contributed by atoms with Crippen LogP contribution in [0, 0.1) is 0 Å². The topological polar surface area (TPSA) is 38.3 Å². The zero-order valence-electron chi connectivity index (χ0n) is 14.3. The third kappa shape index (κ3) is 4.67. The van der Waals surface area contributed by atoms with Gasteiger partial charge in [0.05, 0.1) is 0 Å². The first-order valence-corrected chi connectivity index (χ1v) is 7.86. The van der Waals surface area contributed by atoms with Gasteiger partial charge in [-0.1, -0.05) is 75.4 Å². The molecule has 0 fully saturated rings. The van der Waals surface area contributed by atoms with Gasteiger partial charge in [0, 0.05) is 13.7 Å². The quantitative estimate of drug-likeness (QED) is 0.907. The minimum Gasteiger partial charge on any atom is -0.367 e. The van der Waals surface area contributed by atoms with Gasteiger partial charge in [0.1, 0.15) is 0 Å². The SMILES string of the molecule is CO[C@@H](C(=O)NCc1ccc(C(C)(C)C)cc1)c1ccccc1. The molecule has 0 unspecified atom stereocenters. The van der Waals surface area contributed by atoms with E-state index < -0.39 is 6.10 Å². The maximum Gasteiger partial charge on any atom is 0.254 e. The molecule has 2 aromatic carbocycles. The van der Waals surface area contributed by atoms with Gasteiger partial charge in [0.2, 0.25) is 0 Å². The summed E-state index contributed by atoms with van der Waals surface area (Å²) >= 11 is 0. The molecule has 1 amide bonds. The minimum absolute atomic E-state index is 0.126. The number of carbonyl (C=O) groups is 1. The maximum absolute atomic E-state index is 12.3. The second-order valence-corrected chi connectivity index (χ2v) is 6.69. The average Bonchev–Trinajstić information content (AvgIpc) is 2.54. The monoisotopic (exact) mass is 311 g/mol. The Balaban J connectivity index is 1.98. The minimum atomic E-state index is -0.579. The van der Waals surface area contributed by atoms with E-state index in [0.29, 0.717) is 6.54 Å². The normalized spacial score (nSPS) is 12.7. The zero-order chi connectivity index (χ0) is 16.9. The Labute approximate surface area is 138 Å². The third-order valence-corrected chi connectivity index (χ3v) is 3.86. The molecule has 0 aliphatic heterocycles. The van der Waals surface area contributed by atoms with Gasteiger partial charge in [-0.15, -0.1) is 0 Å². The molecule has 3 nitrogen and oxygen atoms in total. The van der Waals surface area contributed by atoms with Crippen LogP contribution >= 0.6 is 0 Å². The predicted molar refractivity (Wildman–Crippen MR) is 93.2 cm³/mol. The Morgan fingerprint density at radius 3 is 2.17 bits per heavy atom. The lowest BCUT2D eigenvalue weighted by atomic mass is 9.87. The smallest absolute Gasteiger partial charge is 0.254 e. The van der Waals surface area contributed by atoms with Crippen LogP contribution < -0.4 is 5.32 Å². The number of methoxy groups -OCH3 is 1. The van der Waals surface area contributed by atoms with Gasteiger partial charge < -0.3 is 10.1 Å². The van der Waals surface area contributed by atoms with Crippen molar-refractivity contribution >= 4 is 5.91 Å². The fourth-order valence-electron chi connectivity index (χ4n) is 2.43. The maximum atomic E-state index is 12.3. The molecule has 0 spiro atoms. The van der Waals surface area contributed by atoms with E-state index in [1.165, 1.54) is 5.56 Å². The van der Waals surface area contributed by atoms with Gasteiger partial charge in [-0.25, -0.2) is 0 Å². The van der Waals surface area contributed by atoms with E-state index in [1.807, 2.05) is 30.3 Å². The zero-order valence-corrected chi connectivity index (χ0v) is 14.3. The standard InChI is InChI=1S/C20H25NO2/c1-20(2,3)17-12-10-15(11-13-17)14-21-19(22)18(23-4)16-8-6-5-7-9-16/h5-13,18H,14H2,1-4H3,(H,21,22)/t18-/m1/s1. The predicted octanol–water partition coefficient (Wildman–Crippen LogP) is 3.99. The molecular weight excluding hydrogens is 286 g/mol. The van der Waals surface area contributed by atoms with Gasteiger partial charge in [0.25, 0.3) is 5.91 Å². The number of hydrogen-bond donors (Lipinski definition) is 1. The van der Waals surface area contributed by atoms with Crippen LogP contribution in [0.4, 0.5) is 0 Å². The summed E-state index contributed by atoms with van der Waals surface area (Å²) in [6, 6.07) is 17.9. The molecule has 0 aliphatic rings. The van der Waals surface area contributed by atoms with Gasteiger partial charge >= 0.3 is 0 Å². The van der Waals surface area contributed by atoms with Gasteiger partial charge in [-0.2, -0.15) is 0 Å². The molecule has 0 saturated carbocycles. The average molecular weight is 311 g/mol. The van der Waals surface area contributed by atoms with Crippen LogP contribution in [0.25, 0.3) is 0 Å². The molecule has 0 saturated heterocycles. The largest absolute Gasteiger partial charge is 0.367 e. The lowest BCUT2D eigenvalue weighted by Gasteiger charge is -2.19. The van der Waals surface area contributed by atoms with E-state index in [4.69, 9.17) is 4.74 Å². The Bertz CT molecular complexity index is 627. The van der Waals surface area contributed by atoms with Crippen LogP contribution in [-0.4, -0.2) is 13.0 Å². The number of carbonyl (C=O) groups excluding carboxylic acids is 1. The van der Waals surface area contributed by atoms with Crippen LogP contribution in [-0.2, 0) is 21.5 Å². The van der Waals surface area contributed by atoms with Gasteiger partial charge in [-0.05, 0) is 22.1 Å². The van der Waals surface area contributed by atoms with Crippen molar-refractivity contribution in [2.75, 3.05) is 7.11 Å². The van der Waals surface area contributed by atoms with Crippen molar-refractivity contribution in [2.24, 2.45) is 0 Å². The highest BCUT2D eigenvalue weighted by atomic mass is 16.5. The summed E-state index contributed by atoms with van der Waals surface area (Å²) in [5.74, 6) is -0.126. The van der Waals surface area contributed by atoms with Crippen molar-refractivity contribution in [3.63, 3.8) is 0 Å². The molecule has 0 bridgehead atoms. The summed E-state index contributed by atoms with van der Waals surface area (Å²) in [5.41, 5.74) is 3.35. The Morgan fingerprint density at radius 1 is 1.04 bits per heavy atom. The lowest BCUT2D eigenvalue weighted by Crippen LogP contribution is -2.30. The van der Waals surface area contributed by atoms with Crippen molar-refractivity contribution in [3.05, 3.63) is 71.3 Å². The highest BCUT2D eigenvalue weighted by Gasteiger charge is 2.19. The molecule has 0 heterocycles. The number of ether oxygens (including phenoxy) is 1. The van der Waals surface area contributed by atoms with E-state index in [-0.39, 0.29) is 11.3 Å². The molecule has 122 valence electrons. The Kier molecular flexibility index (Phi) is 5.56. The van der Waals surface area contributed by atoms with E-state index in [1.54, 1.807) is 7.11 Å². The highest BCUT2D eigenvalue weighted by molar-refractivity contribution is 5.82. The first-order valence-electron chi connectivity index (χ1n) is 7.86. The lowest BCUT2D eigenvalue weighted by molar-refractivity contribution is -0.131.